The Morgan fingerprint density at radius 3 is 2.45 bits per heavy atom. The molecule has 0 saturated carbocycles. The van der Waals surface area contributed by atoms with Gasteiger partial charge in [-0.05, 0) is 42.8 Å². The first kappa shape index (κ1) is 19.4. The Hall–Kier alpha value is -2.96. The number of hydrogen-bond donors (Lipinski definition) is 1. The van der Waals surface area contributed by atoms with Gasteiger partial charge in [0, 0.05) is 5.56 Å². The number of hydrogen-bond acceptors (Lipinski definition) is 4. The van der Waals surface area contributed by atoms with Crippen LogP contribution in [0.25, 0.3) is 0 Å². The first-order chi connectivity index (χ1) is 14.1. The fraction of sp³-hybridized carbons (Fsp3) is 0.174. The van der Waals surface area contributed by atoms with Crippen LogP contribution in [0.2, 0.25) is 0 Å². The maximum absolute atomic E-state index is 13.0. The van der Waals surface area contributed by atoms with E-state index in [1.54, 1.807) is 25.3 Å². The molecule has 29 heavy (non-hydrogen) atoms. The van der Waals surface area contributed by atoms with E-state index in [-0.39, 0.29) is 0 Å². The molecule has 0 unspecified atom stereocenters. The molecular weight excluding hydrogens is 386 g/mol. The molecular formula is C23H21NO4S. The normalized spacial score (nSPS) is 17.3. The van der Waals surface area contributed by atoms with Gasteiger partial charge >= 0.3 is 5.97 Å². The van der Waals surface area contributed by atoms with Crippen molar-refractivity contribution >= 4 is 17.0 Å². The third-order valence-corrected chi connectivity index (χ3v) is 6.12. The van der Waals surface area contributed by atoms with Gasteiger partial charge in [-0.2, -0.15) is 0 Å². The first-order valence-corrected chi connectivity index (χ1v) is 10.4. The van der Waals surface area contributed by atoms with Gasteiger partial charge in [0.2, 0.25) is 0 Å². The second-order valence-corrected chi connectivity index (χ2v) is 8.11. The first-order valence-electron chi connectivity index (χ1n) is 9.25. The van der Waals surface area contributed by atoms with Crippen molar-refractivity contribution in [2.75, 3.05) is 7.11 Å². The van der Waals surface area contributed by atoms with Crippen molar-refractivity contribution in [3.63, 3.8) is 0 Å². The fourth-order valence-corrected chi connectivity index (χ4v) is 4.40. The number of carbonyl (C=O) groups excluding carboxylic acids is 1. The van der Waals surface area contributed by atoms with Gasteiger partial charge in [-0.15, -0.1) is 0 Å². The third kappa shape index (κ3) is 3.95. The number of nitrogens with one attached hydrogen (secondary N) is 1. The van der Waals surface area contributed by atoms with Crippen molar-refractivity contribution in [3.8, 4) is 5.75 Å². The van der Waals surface area contributed by atoms with Crippen LogP contribution in [-0.4, -0.2) is 17.3 Å². The molecule has 0 bridgehead atoms. The predicted molar refractivity (Wildman–Crippen MR) is 111 cm³/mol. The summed E-state index contributed by atoms with van der Waals surface area (Å²) in [7, 11) is 0.0911. The number of cyclic esters (lactones) is 1. The van der Waals surface area contributed by atoms with Crippen molar-refractivity contribution in [1.29, 1.82) is 0 Å². The van der Waals surface area contributed by atoms with Crippen LogP contribution in [0, 0.1) is 6.92 Å². The Morgan fingerprint density at radius 2 is 1.76 bits per heavy atom. The summed E-state index contributed by atoms with van der Waals surface area (Å²) >= 11 is 0. The Labute approximate surface area is 172 Å². The van der Waals surface area contributed by atoms with E-state index in [4.69, 9.17) is 9.47 Å². The van der Waals surface area contributed by atoms with Crippen LogP contribution < -0.4 is 9.46 Å². The van der Waals surface area contributed by atoms with Gasteiger partial charge in [-0.1, -0.05) is 48.0 Å². The molecule has 5 nitrogen and oxygen atoms in total. The molecule has 1 aliphatic heterocycles. The molecule has 148 valence electrons. The zero-order valence-corrected chi connectivity index (χ0v) is 16.9. The Bertz CT molecular complexity index is 1050. The highest BCUT2D eigenvalue weighted by molar-refractivity contribution is 7.83. The third-order valence-electron chi connectivity index (χ3n) is 4.95. The largest absolute Gasteiger partial charge is 0.497 e. The Balaban J connectivity index is 1.72. The van der Waals surface area contributed by atoms with E-state index < -0.39 is 29.1 Å². The SMILES string of the molecule is COc1ccc2c(c1)[C@H]([C@@H](N[S@@](=O)c1ccc(C)cc1)c1ccccc1)OC2=O. The van der Waals surface area contributed by atoms with Crippen LogP contribution in [-0.2, 0) is 15.7 Å². The molecule has 0 aliphatic carbocycles. The molecule has 3 aromatic carbocycles. The van der Waals surface area contributed by atoms with Crippen molar-refractivity contribution in [2.45, 2.75) is 24.0 Å². The molecule has 0 aromatic heterocycles. The highest BCUT2D eigenvalue weighted by Gasteiger charge is 2.38. The van der Waals surface area contributed by atoms with Crippen LogP contribution in [0.3, 0.4) is 0 Å². The molecule has 6 heteroatoms. The molecule has 1 N–H and O–H groups in total. The van der Waals surface area contributed by atoms with E-state index >= 15 is 0 Å². The number of esters is 1. The van der Waals surface area contributed by atoms with E-state index in [0.29, 0.717) is 16.2 Å². The van der Waals surface area contributed by atoms with E-state index in [0.717, 1.165) is 16.7 Å². The lowest BCUT2D eigenvalue weighted by Gasteiger charge is -2.24. The maximum atomic E-state index is 13.0. The zero-order valence-electron chi connectivity index (χ0n) is 16.1. The molecule has 0 amide bonds. The molecule has 0 fully saturated rings. The number of methoxy groups -OCH3 is 1. The van der Waals surface area contributed by atoms with Crippen LogP contribution >= 0.6 is 0 Å². The van der Waals surface area contributed by atoms with Crippen molar-refractivity contribution < 1.29 is 18.5 Å². The average Bonchev–Trinajstić information content (AvgIpc) is 3.08. The number of ether oxygens (including phenoxy) is 2. The predicted octanol–water partition coefficient (Wildman–Crippen LogP) is 4.27. The second-order valence-electron chi connectivity index (χ2n) is 6.87. The monoisotopic (exact) mass is 407 g/mol. The summed E-state index contributed by atoms with van der Waals surface area (Å²) in [5.74, 6) is 0.245. The number of benzene rings is 3. The van der Waals surface area contributed by atoms with E-state index in [1.165, 1.54) is 0 Å². The van der Waals surface area contributed by atoms with Crippen molar-refractivity contribution in [3.05, 3.63) is 95.1 Å². The molecule has 0 saturated heterocycles. The summed E-state index contributed by atoms with van der Waals surface area (Å²) in [6, 6.07) is 21.8. The van der Waals surface area contributed by atoms with Gasteiger partial charge in [0.15, 0.2) is 0 Å². The lowest BCUT2D eigenvalue weighted by atomic mass is 9.95. The van der Waals surface area contributed by atoms with E-state index in [2.05, 4.69) is 4.72 Å². The van der Waals surface area contributed by atoms with E-state index in [1.807, 2.05) is 61.5 Å². The summed E-state index contributed by atoms with van der Waals surface area (Å²) in [5.41, 5.74) is 3.19. The lowest BCUT2D eigenvalue weighted by molar-refractivity contribution is 0.0314. The molecule has 3 atom stereocenters. The number of carbonyl (C=O) groups is 1. The van der Waals surface area contributed by atoms with Gasteiger partial charge in [0.25, 0.3) is 0 Å². The topological polar surface area (TPSA) is 64.6 Å². The lowest BCUT2D eigenvalue weighted by Crippen LogP contribution is -2.29. The zero-order chi connectivity index (χ0) is 20.4. The fourth-order valence-electron chi connectivity index (χ4n) is 3.39. The standard InChI is InChI=1S/C23H21NO4S/c1-15-8-11-18(12-9-15)29(26)24-21(16-6-4-3-5-7-16)22-20-14-17(27-2)10-13-19(20)23(25)28-22/h3-14,21-22,24H,1-2H3/t21-,22+,29-/m0/s1. The van der Waals surface area contributed by atoms with Crippen molar-refractivity contribution in [2.24, 2.45) is 0 Å². The Morgan fingerprint density at radius 1 is 1.03 bits per heavy atom. The minimum atomic E-state index is -1.49. The number of aryl methyl sites for hydroxylation is 1. The van der Waals surface area contributed by atoms with Crippen molar-refractivity contribution in [1.82, 2.24) is 4.72 Å². The Kier molecular flexibility index (Phi) is 5.47. The number of fused-ring (bicyclic) bond motifs is 1. The summed E-state index contributed by atoms with van der Waals surface area (Å²) < 4.78 is 27.2. The maximum Gasteiger partial charge on any atom is 0.339 e. The smallest absolute Gasteiger partial charge is 0.339 e. The van der Waals surface area contributed by atoms with Crippen LogP contribution in [0.1, 0.15) is 39.2 Å². The summed E-state index contributed by atoms with van der Waals surface area (Å²) in [6.45, 7) is 1.98. The van der Waals surface area contributed by atoms with Gasteiger partial charge < -0.3 is 9.47 Å². The minimum Gasteiger partial charge on any atom is -0.497 e. The summed E-state index contributed by atoms with van der Waals surface area (Å²) in [6.07, 6.45) is -0.621. The highest BCUT2D eigenvalue weighted by atomic mass is 32.2. The molecule has 1 aliphatic rings. The second kappa shape index (κ2) is 8.19. The van der Waals surface area contributed by atoms with Crippen LogP contribution in [0.5, 0.6) is 5.75 Å². The molecule has 4 rings (SSSR count). The van der Waals surface area contributed by atoms with Gasteiger partial charge in [-0.25, -0.2) is 13.7 Å². The van der Waals surface area contributed by atoms with Gasteiger partial charge in [-0.3, -0.25) is 0 Å². The number of rotatable bonds is 6. The van der Waals surface area contributed by atoms with Gasteiger partial charge in [0.1, 0.15) is 22.8 Å². The molecule has 1 heterocycles. The average molecular weight is 407 g/mol. The quantitative estimate of drug-likeness (QED) is 0.620. The molecule has 3 aromatic rings. The molecule has 0 spiro atoms. The highest BCUT2D eigenvalue weighted by Crippen LogP contribution is 2.41. The summed E-state index contributed by atoms with van der Waals surface area (Å²) in [5, 5.41) is 0. The molecule has 0 radical (unpaired) electrons. The van der Waals surface area contributed by atoms with E-state index in [9.17, 15) is 9.00 Å². The minimum absolute atomic E-state index is 0.392. The van der Waals surface area contributed by atoms with Crippen LogP contribution in [0.15, 0.2) is 77.7 Å². The van der Waals surface area contributed by atoms with Gasteiger partial charge in [0.05, 0.1) is 23.6 Å². The van der Waals surface area contributed by atoms with Crippen LogP contribution in [0.4, 0.5) is 0 Å². The summed E-state index contributed by atoms with van der Waals surface area (Å²) in [4.78, 5) is 13.1.